The van der Waals surface area contributed by atoms with Crippen LogP contribution in [0.25, 0.3) is 77.6 Å². The number of imidazole rings is 1. The topological polar surface area (TPSA) is 66.9 Å². The number of nitrogens with zero attached hydrogens (tertiary/aromatic N) is 4. The molecule has 2 heterocycles. The number of pyridine rings is 1. The molecule has 1 N–H and O–H groups in total. The lowest BCUT2D eigenvalue weighted by atomic mass is 9.99. The molecule has 0 amide bonds. The van der Waals surface area contributed by atoms with Gasteiger partial charge < -0.3 is 5.41 Å². The van der Waals surface area contributed by atoms with Crippen molar-refractivity contribution < 1.29 is 0 Å². The number of rotatable bonds is 9. The van der Waals surface area contributed by atoms with Gasteiger partial charge in [0.1, 0.15) is 5.82 Å². The molecule has 8 aromatic carbocycles. The molecule has 5 nitrogen and oxygen atoms in total. The average Bonchev–Trinajstić information content (AvgIpc) is 3.73. The summed E-state index contributed by atoms with van der Waals surface area (Å²) in [5.41, 5.74) is 12.3. The van der Waals surface area contributed by atoms with Gasteiger partial charge in [-0.1, -0.05) is 170 Å². The lowest BCUT2D eigenvalue weighted by Gasteiger charge is -2.14. The minimum Gasteiger partial charge on any atom is -0.300 e. The maximum atomic E-state index is 9.10. The van der Waals surface area contributed by atoms with Gasteiger partial charge in [0.05, 0.1) is 22.4 Å². The third-order valence-electron chi connectivity index (χ3n) is 10.8. The molecular formula is C54H37N5. The third kappa shape index (κ3) is 6.92. The van der Waals surface area contributed by atoms with E-state index < -0.39 is 0 Å². The van der Waals surface area contributed by atoms with Crippen molar-refractivity contribution in [2.24, 2.45) is 4.99 Å². The Morgan fingerprint density at radius 1 is 0.492 bits per heavy atom. The molecule has 5 heteroatoms. The van der Waals surface area contributed by atoms with Gasteiger partial charge in [0.15, 0.2) is 0 Å². The highest BCUT2D eigenvalue weighted by molar-refractivity contribution is 6.24. The summed E-state index contributed by atoms with van der Waals surface area (Å²) in [6, 6.07) is 67.1. The lowest BCUT2D eigenvalue weighted by Crippen LogP contribution is -1.99. The van der Waals surface area contributed by atoms with E-state index in [-0.39, 0.29) is 0 Å². The van der Waals surface area contributed by atoms with Gasteiger partial charge in [-0.2, -0.15) is 0 Å². The van der Waals surface area contributed by atoms with E-state index in [1.54, 1.807) is 12.4 Å². The molecule has 0 radical (unpaired) electrons. The largest absolute Gasteiger partial charge is 0.300 e. The Morgan fingerprint density at radius 2 is 1.03 bits per heavy atom. The Hall–Kier alpha value is -8.02. The zero-order valence-electron chi connectivity index (χ0n) is 32.1. The molecule has 59 heavy (non-hydrogen) atoms. The van der Waals surface area contributed by atoms with Gasteiger partial charge in [0.25, 0.3) is 0 Å². The van der Waals surface area contributed by atoms with Crippen LogP contribution >= 0.6 is 0 Å². The van der Waals surface area contributed by atoms with Crippen LogP contribution in [0, 0.1) is 5.41 Å². The number of aliphatic imine (C=N–C) groups is 1. The van der Waals surface area contributed by atoms with Crippen molar-refractivity contribution in [3.05, 3.63) is 229 Å². The Morgan fingerprint density at radius 3 is 1.73 bits per heavy atom. The van der Waals surface area contributed by atoms with Crippen molar-refractivity contribution >= 4 is 50.2 Å². The Labute approximate surface area is 342 Å². The molecule has 2 aromatic heterocycles. The number of benzene rings is 8. The lowest BCUT2D eigenvalue weighted by molar-refractivity contribution is 1.11. The van der Waals surface area contributed by atoms with Crippen molar-refractivity contribution in [2.45, 2.75) is 0 Å². The Bertz CT molecular complexity index is 3180. The summed E-state index contributed by atoms with van der Waals surface area (Å²) < 4.78 is 2.32. The molecule has 0 bridgehead atoms. The fourth-order valence-electron chi connectivity index (χ4n) is 7.88. The summed E-state index contributed by atoms with van der Waals surface area (Å²) in [4.78, 5) is 14.5. The first-order valence-corrected chi connectivity index (χ1v) is 19.7. The van der Waals surface area contributed by atoms with Crippen LogP contribution in [0.3, 0.4) is 0 Å². The van der Waals surface area contributed by atoms with Crippen molar-refractivity contribution in [1.82, 2.24) is 14.5 Å². The number of hydrogen-bond donors (Lipinski definition) is 1. The first kappa shape index (κ1) is 35.4. The van der Waals surface area contributed by atoms with E-state index in [1.807, 2.05) is 60.8 Å². The molecule has 0 saturated carbocycles. The van der Waals surface area contributed by atoms with Crippen LogP contribution in [0.4, 0.5) is 0 Å². The zero-order valence-corrected chi connectivity index (χ0v) is 32.1. The molecule has 0 aliphatic rings. The smallest absolute Gasteiger partial charge is 0.145 e. The molecule has 0 fully saturated rings. The number of aromatic nitrogens is 3. The van der Waals surface area contributed by atoms with Crippen LogP contribution in [0.5, 0.6) is 0 Å². The minimum absolute atomic E-state index is 0.380. The molecule has 0 spiro atoms. The zero-order chi connectivity index (χ0) is 39.5. The van der Waals surface area contributed by atoms with Crippen molar-refractivity contribution in [3.63, 3.8) is 0 Å². The molecule has 0 aliphatic carbocycles. The maximum absolute atomic E-state index is 9.10. The average molecular weight is 756 g/mol. The van der Waals surface area contributed by atoms with E-state index in [1.165, 1.54) is 10.8 Å². The first-order valence-electron chi connectivity index (χ1n) is 19.7. The fourth-order valence-corrected chi connectivity index (χ4v) is 7.88. The monoisotopic (exact) mass is 755 g/mol. The third-order valence-corrected chi connectivity index (χ3v) is 10.8. The summed E-state index contributed by atoms with van der Waals surface area (Å²) in [7, 11) is 0. The normalized spacial score (nSPS) is 11.8. The summed E-state index contributed by atoms with van der Waals surface area (Å²) in [5.74, 6) is 0.897. The maximum Gasteiger partial charge on any atom is 0.145 e. The highest BCUT2D eigenvalue weighted by Crippen LogP contribution is 2.39. The van der Waals surface area contributed by atoms with E-state index in [4.69, 9.17) is 15.4 Å². The number of hydrogen-bond acceptors (Lipinski definition) is 4. The molecule has 10 rings (SSSR count). The van der Waals surface area contributed by atoms with Gasteiger partial charge in [-0.05, 0) is 74.5 Å². The fraction of sp³-hybridized carbons (Fsp3) is 0. The summed E-state index contributed by atoms with van der Waals surface area (Å²) in [6.45, 7) is 0. The van der Waals surface area contributed by atoms with Crippen molar-refractivity contribution in [3.8, 4) is 39.3 Å². The standard InChI is InChI=1S/C54H37N5/c55-50(41-26-22-39(23-27-41)38-12-3-1-4-13-38)35-51(57-36-37-30-32-56-33-31-37)42-28-24-40(25-29-42)44-16-11-17-45(34-44)59-53-49-21-10-8-19-47(49)46-18-7-9-20-48(46)52(53)58-54(59)43-14-5-2-6-15-43/h1-36,55H/b51-35-,55-50?,57-36+. The number of allylic oxidation sites excluding steroid dienone is 1. The Kier molecular flexibility index (Phi) is 9.29. The second-order valence-electron chi connectivity index (χ2n) is 14.5. The van der Waals surface area contributed by atoms with E-state index in [9.17, 15) is 0 Å². The molecule has 0 aliphatic heterocycles. The summed E-state index contributed by atoms with van der Waals surface area (Å²) in [5, 5.41) is 13.8. The van der Waals surface area contributed by atoms with Gasteiger partial charge in [0, 0.05) is 46.2 Å². The van der Waals surface area contributed by atoms with Crippen molar-refractivity contribution in [1.29, 1.82) is 5.41 Å². The van der Waals surface area contributed by atoms with Crippen LogP contribution in [-0.4, -0.2) is 26.5 Å². The van der Waals surface area contributed by atoms with E-state index in [2.05, 4.69) is 155 Å². The van der Waals surface area contributed by atoms with Gasteiger partial charge in [-0.3, -0.25) is 14.5 Å². The van der Waals surface area contributed by atoms with E-state index in [0.29, 0.717) is 11.4 Å². The van der Waals surface area contributed by atoms with Crippen LogP contribution in [0.2, 0.25) is 0 Å². The van der Waals surface area contributed by atoms with E-state index in [0.717, 1.165) is 77.8 Å². The molecular weight excluding hydrogens is 719 g/mol. The van der Waals surface area contributed by atoms with Crippen LogP contribution < -0.4 is 0 Å². The molecule has 0 atom stereocenters. The van der Waals surface area contributed by atoms with Crippen LogP contribution in [0.15, 0.2) is 218 Å². The van der Waals surface area contributed by atoms with Gasteiger partial charge in [-0.15, -0.1) is 0 Å². The predicted octanol–water partition coefficient (Wildman–Crippen LogP) is 13.3. The highest BCUT2D eigenvalue weighted by Gasteiger charge is 2.20. The highest BCUT2D eigenvalue weighted by atomic mass is 15.1. The van der Waals surface area contributed by atoms with Gasteiger partial charge in [-0.25, -0.2) is 4.98 Å². The molecule has 10 aromatic rings. The Balaban J connectivity index is 1.04. The SMILES string of the molecule is N=C(/C=C(\N=C\c1ccncc1)c1ccc(-c2cccc(-n3c(-c4ccccc4)nc4c5ccccc5c5ccccc5c43)c2)cc1)c1ccc(-c2ccccc2)cc1. The second-order valence-corrected chi connectivity index (χ2v) is 14.5. The van der Waals surface area contributed by atoms with Gasteiger partial charge in [0.2, 0.25) is 0 Å². The molecule has 0 saturated heterocycles. The van der Waals surface area contributed by atoms with Crippen molar-refractivity contribution in [2.75, 3.05) is 0 Å². The molecule has 278 valence electrons. The molecule has 0 unspecified atom stereocenters. The predicted molar refractivity (Wildman–Crippen MR) is 245 cm³/mol. The van der Waals surface area contributed by atoms with Crippen LogP contribution in [0.1, 0.15) is 16.7 Å². The minimum atomic E-state index is 0.380. The summed E-state index contributed by atoms with van der Waals surface area (Å²) in [6.07, 6.45) is 7.17. The van der Waals surface area contributed by atoms with E-state index >= 15 is 0 Å². The number of fused-ring (bicyclic) bond motifs is 6. The van der Waals surface area contributed by atoms with Crippen LogP contribution in [-0.2, 0) is 0 Å². The van der Waals surface area contributed by atoms with Gasteiger partial charge >= 0.3 is 0 Å². The first-order chi connectivity index (χ1) is 29.2. The summed E-state index contributed by atoms with van der Waals surface area (Å²) >= 11 is 0. The number of nitrogens with one attached hydrogen (secondary N) is 1. The quantitative estimate of drug-likeness (QED) is 0.118. The second kappa shape index (κ2) is 15.5.